The van der Waals surface area contributed by atoms with E-state index in [2.05, 4.69) is 73.7 Å². The summed E-state index contributed by atoms with van der Waals surface area (Å²) in [5.74, 6) is 0.626. The Morgan fingerprint density at radius 3 is 2.82 bits per heavy atom. The van der Waals surface area contributed by atoms with Gasteiger partial charge in [-0.2, -0.15) is 0 Å². The van der Waals surface area contributed by atoms with Crippen LogP contribution in [0.25, 0.3) is 0 Å². The van der Waals surface area contributed by atoms with Gasteiger partial charge in [0.05, 0.1) is 0 Å². The zero-order chi connectivity index (χ0) is 12.2. The second-order valence-electron chi connectivity index (χ2n) is 5.69. The van der Waals surface area contributed by atoms with E-state index in [9.17, 15) is 0 Å². The number of hydrogen-bond donors (Lipinski definition) is 0. The lowest BCUT2D eigenvalue weighted by atomic mass is 9.78. The highest BCUT2D eigenvalue weighted by Crippen LogP contribution is 2.53. The predicted molar refractivity (Wildman–Crippen MR) is 81.4 cm³/mol. The first-order valence-electron chi connectivity index (χ1n) is 6.19. The van der Waals surface area contributed by atoms with E-state index in [1.54, 1.807) is 11.1 Å². The van der Waals surface area contributed by atoms with Gasteiger partial charge >= 0.3 is 0 Å². The van der Waals surface area contributed by atoms with Crippen LogP contribution in [0.3, 0.4) is 0 Å². The third kappa shape index (κ3) is 1.62. The zero-order valence-electron chi connectivity index (χ0n) is 10.5. The number of fused-ring (bicyclic) bond motifs is 3. The first-order valence-corrected chi connectivity index (χ1v) is 7.27. The van der Waals surface area contributed by atoms with E-state index in [4.69, 9.17) is 0 Å². The molecule has 1 aromatic carbocycles. The van der Waals surface area contributed by atoms with E-state index in [1.165, 1.54) is 21.1 Å². The highest BCUT2D eigenvalue weighted by molar-refractivity contribution is 14.1. The number of rotatable bonds is 0. The van der Waals surface area contributed by atoms with Gasteiger partial charge in [-0.25, -0.2) is 0 Å². The molecule has 0 saturated carbocycles. The summed E-state index contributed by atoms with van der Waals surface area (Å²) in [5, 5.41) is 0. The van der Waals surface area contributed by atoms with Gasteiger partial charge in [-0.1, -0.05) is 43.2 Å². The van der Waals surface area contributed by atoms with Crippen LogP contribution in [0.15, 0.2) is 41.5 Å². The third-order valence-corrected chi connectivity index (χ3v) is 4.89. The fraction of sp³-hybridized carbons (Fsp3) is 0.375. The van der Waals surface area contributed by atoms with E-state index in [1.807, 2.05) is 0 Å². The molecule has 2 aliphatic carbocycles. The molecular weight excluding hydrogens is 319 g/mol. The molecule has 0 aromatic heterocycles. The molecule has 0 amide bonds. The largest absolute Gasteiger partial charge is 0.0807 e. The molecule has 0 fully saturated rings. The maximum atomic E-state index is 2.42. The van der Waals surface area contributed by atoms with Gasteiger partial charge in [0.25, 0.3) is 0 Å². The predicted octanol–water partition coefficient (Wildman–Crippen LogP) is 4.94. The maximum Gasteiger partial charge on any atom is 0.0133 e. The van der Waals surface area contributed by atoms with Crippen LogP contribution in [0, 0.1) is 3.57 Å². The van der Waals surface area contributed by atoms with Crippen molar-refractivity contribution >= 4 is 22.6 Å². The molecule has 0 bridgehead atoms. The van der Waals surface area contributed by atoms with Crippen molar-refractivity contribution in [2.75, 3.05) is 0 Å². The molecule has 1 heteroatoms. The minimum Gasteiger partial charge on any atom is -0.0807 e. The SMILES string of the molecule is CC1=CCC2C(=C1)C(C)(C)c1cc(I)ccc12. The Hall–Kier alpha value is -0.570. The van der Waals surface area contributed by atoms with Crippen LogP contribution in [0.5, 0.6) is 0 Å². The van der Waals surface area contributed by atoms with Crippen molar-refractivity contribution in [1.82, 2.24) is 0 Å². The van der Waals surface area contributed by atoms with Crippen LogP contribution in [0.2, 0.25) is 0 Å². The van der Waals surface area contributed by atoms with Gasteiger partial charge < -0.3 is 0 Å². The molecular formula is C16H17I. The first-order chi connectivity index (χ1) is 8.00. The standard InChI is InChI=1S/C16H17I/c1-10-4-6-12-13-7-5-11(17)9-15(13)16(2,3)14(12)8-10/h4-5,7-9,12H,6H2,1-3H3. The summed E-state index contributed by atoms with van der Waals surface area (Å²) in [6.07, 6.45) is 5.95. The van der Waals surface area contributed by atoms with Gasteiger partial charge in [0.1, 0.15) is 0 Å². The summed E-state index contributed by atoms with van der Waals surface area (Å²) in [6.45, 7) is 6.95. The third-order valence-electron chi connectivity index (χ3n) is 4.22. The van der Waals surface area contributed by atoms with Gasteiger partial charge in [0, 0.05) is 14.9 Å². The Morgan fingerprint density at radius 2 is 2.06 bits per heavy atom. The van der Waals surface area contributed by atoms with E-state index in [0.29, 0.717) is 5.92 Å². The summed E-state index contributed by atoms with van der Waals surface area (Å²) in [6, 6.07) is 6.94. The molecule has 1 unspecified atom stereocenters. The van der Waals surface area contributed by atoms with Crippen LogP contribution in [-0.4, -0.2) is 0 Å². The molecule has 0 N–H and O–H groups in total. The molecule has 3 rings (SSSR count). The van der Waals surface area contributed by atoms with Crippen molar-refractivity contribution in [2.45, 2.75) is 38.5 Å². The molecule has 1 aromatic rings. The lowest BCUT2D eigenvalue weighted by Gasteiger charge is -2.26. The average molecular weight is 336 g/mol. The van der Waals surface area contributed by atoms with Crippen molar-refractivity contribution < 1.29 is 0 Å². The Bertz CT molecular complexity index is 547. The van der Waals surface area contributed by atoms with Gasteiger partial charge in [0.15, 0.2) is 0 Å². The highest BCUT2D eigenvalue weighted by atomic mass is 127. The molecule has 0 heterocycles. The Labute approximate surface area is 117 Å². The summed E-state index contributed by atoms with van der Waals surface area (Å²) in [4.78, 5) is 0. The van der Waals surface area contributed by atoms with Crippen LogP contribution in [0.1, 0.15) is 44.2 Å². The average Bonchev–Trinajstić information content (AvgIpc) is 2.49. The Kier molecular flexibility index (Phi) is 2.51. The minimum absolute atomic E-state index is 0.205. The highest BCUT2D eigenvalue weighted by Gasteiger charge is 2.41. The van der Waals surface area contributed by atoms with Gasteiger partial charge in [-0.3, -0.25) is 0 Å². The van der Waals surface area contributed by atoms with Crippen molar-refractivity contribution in [3.8, 4) is 0 Å². The van der Waals surface area contributed by atoms with E-state index >= 15 is 0 Å². The molecule has 0 aliphatic heterocycles. The van der Waals surface area contributed by atoms with Crippen LogP contribution >= 0.6 is 22.6 Å². The van der Waals surface area contributed by atoms with Crippen molar-refractivity contribution in [1.29, 1.82) is 0 Å². The van der Waals surface area contributed by atoms with Crippen LogP contribution < -0.4 is 0 Å². The summed E-state index contributed by atoms with van der Waals surface area (Å²) in [7, 11) is 0. The normalized spacial score (nSPS) is 24.8. The van der Waals surface area contributed by atoms with E-state index in [0.717, 1.165) is 0 Å². The smallest absolute Gasteiger partial charge is 0.0133 e. The van der Waals surface area contributed by atoms with Gasteiger partial charge in [-0.15, -0.1) is 0 Å². The van der Waals surface area contributed by atoms with Gasteiger partial charge in [0.2, 0.25) is 0 Å². The summed E-state index contributed by atoms with van der Waals surface area (Å²) < 4.78 is 1.35. The molecule has 2 aliphatic rings. The van der Waals surface area contributed by atoms with E-state index in [-0.39, 0.29) is 5.41 Å². The number of allylic oxidation sites excluding steroid dienone is 4. The van der Waals surface area contributed by atoms with Crippen molar-refractivity contribution in [3.63, 3.8) is 0 Å². The molecule has 1 atom stereocenters. The fourth-order valence-electron chi connectivity index (χ4n) is 3.28. The fourth-order valence-corrected chi connectivity index (χ4v) is 3.77. The Balaban J connectivity index is 2.23. The van der Waals surface area contributed by atoms with Crippen LogP contribution in [-0.2, 0) is 5.41 Å². The maximum absolute atomic E-state index is 2.42. The number of benzene rings is 1. The summed E-state index contributed by atoms with van der Waals surface area (Å²) >= 11 is 2.42. The van der Waals surface area contributed by atoms with Crippen LogP contribution in [0.4, 0.5) is 0 Å². The second kappa shape index (κ2) is 3.71. The van der Waals surface area contributed by atoms with Crippen molar-refractivity contribution in [3.05, 3.63) is 56.2 Å². The number of halogens is 1. The van der Waals surface area contributed by atoms with Gasteiger partial charge in [-0.05, 0) is 59.2 Å². The second-order valence-corrected chi connectivity index (χ2v) is 6.94. The minimum atomic E-state index is 0.205. The first kappa shape index (κ1) is 11.5. The molecule has 88 valence electrons. The summed E-state index contributed by atoms with van der Waals surface area (Å²) in [5.41, 5.74) is 6.31. The molecule has 0 spiro atoms. The quantitative estimate of drug-likeness (QED) is 0.589. The molecule has 17 heavy (non-hydrogen) atoms. The number of hydrogen-bond acceptors (Lipinski definition) is 0. The monoisotopic (exact) mass is 336 g/mol. The molecule has 0 saturated heterocycles. The van der Waals surface area contributed by atoms with E-state index < -0.39 is 0 Å². The zero-order valence-corrected chi connectivity index (χ0v) is 12.7. The lowest BCUT2D eigenvalue weighted by molar-refractivity contribution is 0.610. The topological polar surface area (TPSA) is 0 Å². The lowest BCUT2D eigenvalue weighted by Crippen LogP contribution is -2.17. The van der Waals surface area contributed by atoms with Crippen molar-refractivity contribution in [2.24, 2.45) is 0 Å². The molecule has 0 radical (unpaired) electrons. The molecule has 0 nitrogen and oxygen atoms in total. The Morgan fingerprint density at radius 1 is 1.29 bits per heavy atom.